The second-order valence-corrected chi connectivity index (χ2v) is 5.16. The molecule has 0 aromatic heterocycles. The Morgan fingerprint density at radius 2 is 2.12 bits per heavy atom. The number of benzene rings is 1. The molecule has 0 fully saturated rings. The number of carbonyl (C=O) groups excluding carboxylic acids is 1. The van der Waals surface area contributed by atoms with Crippen LogP contribution in [-0.4, -0.2) is 5.43 Å². The zero-order valence-electron chi connectivity index (χ0n) is 9.50. The molecule has 1 unspecified atom stereocenters. The van der Waals surface area contributed by atoms with Crippen LogP contribution in [0.15, 0.2) is 24.3 Å². The minimum atomic E-state index is -0.723. The second-order valence-electron chi connectivity index (χ2n) is 4.85. The van der Waals surface area contributed by atoms with Crippen LogP contribution in [0.3, 0.4) is 0 Å². The van der Waals surface area contributed by atoms with Gasteiger partial charge in [-0.05, 0) is 29.4 Å². The van der Waals surface area contributed by atoms with Crippen LogP contribution >= 0.6 is 11.6 Å². The third-order valence-corrected chi connectivity index (χ3v) is 3.39. The molecule has 0 saturated heterocycles. The summed E-state index contributed by atoms with van der Waals surface area (Å²) in [4.78, 5) is 10.8. The summed E-state index contributed by atoms with van der Waals surface area (Å²) < 4.78 is 5.14. The molecule has 0 N–H and O–H groups in total. The van der Waals surface area contributed by atoms with E-state index < -0.39 is 5.43 Å². The molecule has 0 bridgehead atoms. The summed E-state index contributed by atoms with van der Waals surface area (Å²) in [6.45, 7) is 4.43. The summed E-state index contributed by atoms with van der Waals surface area (Å²) in [5.74, 6) is 0. The molecule has 2 rings (SSSR count). The Hall–Kier alpha value is -1.02. The molecule has 1 aliphatic carbocycles. The lowest BCUT2D eigenvalue weighted by Gasteiger charge is -2.36. The summed E-state index contributed by atoms with van der Waals surface area (Å²) >= 11 is 5.29. The van der Waals surface area contributed by atoms with Crippen molar-refractivity contribution in [3.63, 3.8) is 0 Å². The second kappa shape index (κ2) is 4.10. The maximum atomic E-state index is 10.8. The van der Waals surface area contributed by atoms with Crippen LogP contribution in [0.5, 0.6) is 0 Å². The van der Waals surface area contributed by atoms with E-state index in [1.807, 2.05) is 18.2 Å². The summed E-state index contributed by atoms with van der Waals surface area (Å²) in [5, 5.41) is 0. The van der Waals surface area contributed by atoms with Crippen molar-refractivity contribution in [3.05, 3.63) is 35.4 Å². The molecule has 1 aliphatic rings. The van der Waals surface area contributed by atoms with Gasteiger partial charge in [-0.15, -0.1) is 0 Å². The molecule has 1 aromatic rings. The van der Waals surface area contributed by atoms with E-state index in [-0.39, 0.29) is 11.5 Å². The van der Waals surface area contributed by atoms with Crippen molar-refractivity contribution in [2.75, 3.05) is 0 Å². The minimum absolute atomic E-state index is 0.145. The molecular weight excluding hydrogens is 224 g/mol. The van der Waals surface area contributed by atoms with E-state index in [2.05, 4.69) is 19.9 Å². The van der Waals surface area contributed by atoms with Crippen molar-refractivity contribution in [2.24, 2.45) is 0 Å². The first-order valence-corrected chi connectivity index (χ1v) is 5.84. The van der Waals surface area contributed by atoms with Gasteiger partial charge in [0, 0.05) is 11.6 Å². The van der Waals surface area contributed by atoms with Crippen LogP contribution < -0.4 is 0 Å². The Morgan fingerprint density at radius 1 is 1.44 bits per heavy atom. The molecule has 3 heteroatoms. The largest absolute Gasteiger partial charge is 0.445 e. The van der Waals surface area contributed by atoms with Crippen LogP contribution in [-0.2, 0) is 10.2 Å². The molecule has 0 spiro atoms. The number of rotatable bonds is 1. The fraction of sp³-hybridized carbons (Fsp3) is 0.462. The van der Waals surface area contributed by atoms with Crippen LogP contribution in [0.4, 0.5) is 4.79 Å². The molecule has 16 heavy (non-hydrogen) atoms. The number of carbonyl (C=O) groups is 1. The molecule has 0 heterocycles. The van der Waals surface area contributed by atoms with E-state index in [9.17, 15) is 4.79 Å². The van der Waals surface area contributed by atoms with E-state index >= 15 is 0 Å². The van der Waals surface area contributed by atoms with Gasteiger partial charge in [0.2, 0.25) is 0 Å². The molecule has 0 saturated carbocycles. The Balaban J connectivity index is 2.39. The van der Waals surface area contributed by atoms with Crippen molar-refractivity contribution in [1.29, 1.82) is 0 Å². The highest BCUT2D eigenvalue weighted by Gasteiger charge is 2.33. The highest BCUT2D eigenvalue weighted by molar-refractivity contribution is 6.61. The van der Waals surface area contributed by atoms with Crippen molar-refractivity contribution in [3.8, 4) is 0 Å². The van der Waals surface area contributed by atoms with Crippen molar-refractivity contribution < 1.29 is 9.53 Å². The maximum Gasteiger partial charge on any atom is 0.404 e. The average Bonchev–Trinajstić information content (AvgIpc) is 2.23. The zero-order chi connectivity index (χ0) is 11.8. The Labute approximate surface area is 101 Å². The maximum absolute atomic E-state index is 10.8. The Bertz CT molecular complexity index is 412. The molecule has 0 amide bonds. The zero-order valence-corrected chi connectivity index (χ0v) is 10.3. The van der Waals surface area contributed by atoms with Crippen LogP contribution in [0.2, 0.25) is 0 Å². The Morgan fingerprint density at radius 3 is 2.81 bits per heavy atom. The predicted molar refractivity (Wildman–Crippen MR) is 63.8 cm³/mol. The van der Waals surface area contributed by atoms with Gasteiger partial charge >= 0.3 is 5.43 Å². The van der Waals surface area contributed by atoms with E-state index in [4.69, 9.17) is 16.3 Å². The molecule has 1 atom stereocenters. The summed E-state index contributed by atoms with van der Waals surface area (Å²) in [6.07, 6.45) is 1.65. The third kappa shape index (κ3) is 2.07. The van der Waals surface area contributed by atoms with E-state index in [1.54, 1.807) is 0 Å². The number of ether oxygens (including phenoxy) is 1. The van der Waals surface area contributed by atoms with Gasteiger partial charge in [0.25, 0.3) is 0 Å². The fourth-order valence-electron chi connectivity index (χ4n) is 2.41. The van der Waals surface area contributed by atoms with Crippen LogP contribution in [0.1, 0.15) is 43.9 Å². The van der Waals surface area contributed by atoms with Crippen molar-refractivity contribution in [1.82, 2.24) is 0 Å². The lowest BCUT2D eigenvalue weighted by molar-refractivity contribution is 0.101. The normalized spacial score (nSPS) is 22.3. The molecule has 2 nitrogen and oxygen atoms in total. The monoisotopic (exact) mass is 238 g/mol. The summed E-state index contributed by atoms with van der Waals surface area (Å²) in [6, 6.07) is 8.10. The summed E-state index contributed by atoms with van der Waals surface area (Å²) in [7, 11) is 0. The van der Waals surface area contributed by atoms with Crippen LogP contribution in [0, 0.1) is 0 Å². The summed E-state index contributed by atoms with van der Waals surface area (Å²) in [5.41, 5.74) is 1.77. The van der Waals surface area contributed by atoms with Gasteiger partial charge in [-0.25, -0.2) is 4.79 Å². The first-order valence-electron chi connectivity index (χ1n) is 5.46. The first-order chi connectivity index (χ1) is 7.50. The topological polar surface area (TPSA) is 26.3 Å². The Kier molecular flexibility index (Phi) is 2.94. The van der Waals surface area contributed by atoms with Crippen LogP contribution in [0.25, 0.3) is 0 Å². The highest BCUT2D eigenvalue weighted by atomic mass is 35.5. The lowest BCUT2D eigenvalue weighted by Crippen LogP contribution is -2.27. The van der Waals surface area contributed by atoms with Gasteiger partial charge < -0.3 is 4.74 Å². The van der Waals surface area contributed by atoms with E-state index in [1.165, 1.54) is 5.56 Å². The smallest absolute Gasteiger partial charge is 0.404 e. The van der Waals surface area contributed by atoms with Gasteiger partial charge in [0.05, 0.1) is 0 Å². The number of fused-ring (bicyclic) bond motifs is 1. The van der Waals surface area contributed by atoms with Gasteiger partial charge in [-0.2, -0.15) is 0 Å². The first kappa shape index (κ1) is 11.5. The van der Waals surface area contributed by atoms with Crippen molar-refractivity contribution >= 4 is 17.0 Å². The lowest BCUT2D eigenvalue weighted by atomic mass is 9.72. The van der Waals surface area contributed by atoms with Gasteiger partial charge in [-0.3, -0.25) is 0 Å². The van der Waals surface area contributed by atoms with Crippen molar-refractivity contribution in [2.45, 2.75) is 38.2 Å². The van der Waals surface area contributed by atoms with E-state index in [0.29, 0.717) is 0 Å². The predicted octanol–water partition coefficient (Wildman–Crippen LogP) is 4.17. The number of hydrogen-bond donors (Lipinski definition) is 0. The van der Waals surface area contributed by atoms with E-state index in [0.717, 1.165) is 18.4 Å². The minimum Gasteiger partial charge on any atom is -0.445 e. The third-order valence-electron chi connectivity index (χ3n) is 3.30. The standard InChI is InChI=1S/C13H15ClO2/c1-13(2)8-7-11(16-12(14)15)9-5-3-4-6-10(9)13/h3-6,11H,7-8H2,1-2H3. The van der Waals surface area contributed by atoms with Gasteiger partial charge in [0.1, 0.15) is 6.10 Å². The quantitative estimate of drug-likeness (QED) is 0.687. The van der Waals surface area contributed by atoms with Gasteiger partial charge in [-0.1, -0.05) is 38.1 Å². The highest BCUT2D eigenvalue weighted by Crippen LogP contribution is 2.42. The number of hydrogen-bond acceptors (Lipinski definition) is 2. The van der Waals surface area contributed by atoms with Gasteiger partial charge in [0.15, 0.2) is 0 Å². The molecule has 0 aliphatic heterocycles. The fourth-order valence-corrected chi connectivity index (χ4v) is 2.52. The molecule has 1 aromatic carbocycles. The average molecular weight is 239 g/mol. The molecule has 0 radical (unpaired) electrons. The molecule has 86 valence electrons. The SMILES string of the molecule is CC1(C)CCC(OC(=O)Cl)c2ccccc21. The number of halogens is 1. The molecular formula is C13H15ClO2.